The van der Waals surface area contributed by atoms with Crippen molar-refractivity contribution in [1.82, 2.24) is 20.6 Å². The number of rotatable bonds is 4. The first kappa shape index (κ1) is 10.6. The first-order valence-electron chi connectivity index (χ1n) is 5.16. The summed E-state index contributed by atoms with van der Waals surface area (Å²) in [4.78, 5) is 0. The number of nitrogens with zero attached hydrogens (tertiary/aromatic N) is 3. The van der Waals surface area contributed by atoms with Crippen LogP contribution in [0, 0.1) is 0 Å². The van der Waals surface area contributed by atoms with Gasteiger partial charge in [0.2, 0.25) is 0 Å². The van der Waals surface area contributed by atoms with E-state index in [1.807, 2.05) is 12.1 Å². The molecular formula is C11H14N4O. The quantitative estimate of drug-likeness (QED) is 0.845. The molecule has 1 atom stereocenters. The third-order valence-corrected chi connectivity index (χ3v) is 2.50. The average Bonchev–Trinajstić information content (AvgIpc) is 2.83. The molecule has 1 heterocycles. The number of nitrogens with one attached hydrogen (secondary N) is 1. The van der Waals surface area contributed by atoms with Crippen LogP contribution in [0.2, 0.25) is 0 Å². The maximum Gasteiger partial charge on any atom is 0.177 e. The molecule has 0 saturated carbocycles. The van der Waals surface area contributed by atoms with Gasteiger partial charge in [-0.2, -0.15) is 5.21 Å². The fourth-order valence-electron chi connectivity index (χ4n) is 1.58. The molecule has 1 aromatic carbocycles. The van der Waals surface area contributed by atoms with Crippen LogP contribution < -0.4 is 4.74 Å². The summed E-state index contributed by atoms with van der Waals surface area (Å²) >= 11 is 0. The van der Waals surface area contributed by atoms with Crippen LogP contribution in [-0.4, -0.2) is 27.7 Å². The zero-order valence-corrected chi connectivity index (χ0v) is 9.34. The Labute approximate surface area is 93.8 Å². The highest BCUT2D eigenvalue weighted by Crippen LogP contribution is 2.18. The van der Waals surface area contributed by atoms with Gasteiger partial charge >= 0.3 is 0 Å². The lowest BCUT2D eigenvalue weighted by Crippen LogP contribution is -2.01. The molecule has 0 unspecified atom stereocenters. The molecule has 5 heteroatoms. The van der Waals surface area contributed by atoms with E-state index < -0.39 is 0 Å². The lowest BCUT2D eigenvalue weighted by molar-refractivity contribution is 0.414. The molecule has 0 radical (unpaired) electrons. The van der Waals surface area contributed by atoms with Gasteiger partial charge < -0.3 is 4.74 Å². The summed E-state index contributed by atoms with van der Waals surface area (Å²) in [5, 5.41) is 14.0. The highest BCUT2D eigenvalue weighted by atomic mass is 16.5. The summed E-state index contributed by atoms with van der Waals surface area (Å²) in [5.41, 5.74) is 1.23. The van der Waals surface area contributed by atoms with Gasteiger partial charge in [0.1, 0.15) is 5.75 Å². The number of aromatic amines is 1. The topological polar surface area (TPSA) is 63.7 Å². The first-order chi connectivity index (χ1) is 7.79. The van der Waals surface area contributed by atoms with Crippen LogP contribution in [0.3, 0.4) is 0 Å². The van der Waals surface area contributed by atoms with Gasteiger partial charge in [-0.05, 0) is 24.1 Å². The SMILES string of the molecule is COc1ccc(C[C@H](C)c2nn[nH]n2)cc1. The Hall–Kier alpha value is -1.91. The molecule has 2 rings (SSSR count). The predicted octanol–water partition coefficient (Wildman–Crippen LogP) is 1.55. The van der Waals surface area contributed by atoms with E-state index in [2.05, 4.69) is 39.7 Å². The number of aromatic nitrogens is 4. The third-order valence-electron chi connectivity index (χ3n) is 2.50. The summed E-state index contributed by atoms with van der Waals surface area (Å²) < 4.78 is 5.11. The van der Waals surface area contributed by atoms with E-state index in [-0.39, 0.29) is 5.92 Å². The van der Waals surface area contributed by atoms with Crippen LogP contribution in [0.15, 0.2) is 24.3 Å². The maximum atomic E-state index is 5.11. The fraction of sp³-hybridized carbons (Fsp3) is 0.364. The summed E-state index contributed by atoms with van der Waals surface area (Å²) in [7, 11) is 1.66. The van der Waals surface area contributed by atoms with Crippen molar-refractivity contribution in [2.75, 3.05) is 7.11 Å². The number of benzene rings is 1. The summed E-state index contributed by atoms with van der Waals surface area (Å²) in [6.07, 6.45) is 0.892. The molecule has 0 spiro atoms. The highest BCUT2D eigenvalue weighted by molar-refractivity contribution is 5.27. The van der Waals surface area contributed by atoms with Gasteiger partial charge in [-0.15, -0.1) is 10.2 Å². The van der Waals surface area contributed by atoms with Crippen molar-refractivity contribution < 1.29 is 4.74 Å². The second kappa shape index (κ2) is 4.74. The monoisotopic (exact) mass is 218 g/mol. The van der Waals surface area contributed by atoms with Gasteiger partial charge in [0.05, 0.1) is 7.11 Å². The maximum absolute atomic E-state index is 5.11. The van der Waals surface area contributed by atoms with Crippen LogP contribution in [0.5, 0.6) is 5.75 Å². The molecule has 0 aliphatic carbocycles. The zero-order valence-electron chi connectivity index (χ0n) is 9.34. The van der Waals surface area contributed by atoms with Crippen molar-refractivity contribution in [3.8, 4) is 5.75 Å². The average molecular weight is 218 g/mol. The number of ether oxygens (including phenoxy) is 1. The van der Waals surface area contributed by atoms with Crippen LogP contribution >= 0.6 is 0 Å². The molecule has 16 heavy (non-hydrogen) atoms. The van der Waals surface area contributed by atoms with Gasteiger partial charge in [-0.25, -0.2) is 0 Å². The van der Waals surface area contributed by atoms with E-state index >= 15 is 0 Å². The lowest BCUT2D eigenvalue weighted by Gasteiger charge is -2.07. The second-order valence-corrected chi connectivity index (χ2v) is 3.72. The number of methoxy groups -OCH3 is 1. The first-order valence-corrected chi connectivity index (χ1v) is 5.16. The minimum absolute atomic E-state index is 0.257. The summed E-state index contributed by atoms with van der Waals surface area (Å²) in [6, 6.07) is 8.02. The van der Waals surface area contributed by atoms with Gasteiger partial charge in [0.15, 0.2) is 5.82 Å². The van der Waals surface area contributed by atoms with Crippen LogP contribution in [0.25, 0.3) is 0 Å². The largest absolute Gasteiger partial charge is 0.497 e. The van der Waals surface area contributed by atoms with Crippen molar-refractivity contribution in [2.24, 2.45) is 0 Å². The number of H-pyrrole nitrogens is 1. The minimum Gasteiger partial charge on any atom is -0.497 e. The fourth-order valence-corrected chi connectivity index (χ4v) is 1.58. The van der Waals surface area contributed by atoms with Gasteiger partial charge in [-0.1, -0.05) is 24.3 Å². The predicted molar refractivity (Wildman–Crippen MR) is 59.3 cm³/mol. The summed E-state index contributed by atoms with van der Waals surface area (Å²) in [6.45, 7) is 2.08. The molecule has 5 nitrogen and oxygen atoms in total. The van der Waals surface area contributed by atoms with Crippen molar-refractivity contribution >= 4 is 0 Å². The molecule has 2 aromatic rings. The molecule has 1 N–H and O–H groups in total. The highest BCUT2D eigenvalue weighted by Gasteiger charge is 2.10. The number of tetrazole rings is 1. The third kappa shape index (κ3) is 2.36. The van der Waals surface area contributed by atoms with Crippen molar-refractivity contribution in [1.29, 1.82) is 0 Å². The van der Waals surface area contributed by atoms with E-state index in [9.17, 15) is 0 Å². The standard InChI is InChI=1S/C11H14N4O/c1-8(11-12-14-15-13-11)7-9-3-5-10(16-2)6-4-9/h3-6,8H,7H2,1-2H3,(H,12,13,14,15)/t8-/m0/s1. The Bertz CT molecular complexity index is 424. The Kier molecular flexibility index (Phi) is 3.14. The summed E-state index contributed by atoms with van der Waals surface area (Å²) in [5.74, 6) is 1.87. The minimum atomic E-state index is 0.257. The Morgan fingerprint density at radius 1 is 1.31 bits per heavy atom. The zero-order chi connectivity index (χ0) is 11.4. The molecule has 0 bridgehead atoms. The van der Waals surface area contributed by atoms with Crippen LogP contribution in [0.4, 0.5) is 0 Å². The lowest BCUT2D eigenvalue weighted by atomic mass is 10.0. The molecule has 0 saturated heterocycles. The van der Waals surface area contributed by atoms with Crippen LogP contribution in [-0.2, 0) is 6.42 Å². The number of hydrogen-bond acceptors (Lipinski definition) is 4. The smallest absolute Gasteiger partial charge is 0.177 e. The van der Waals surface area contributed by atoms with E-state index in [0.29, 0.717) is 0 Å². The van der Waals surface area contributed by atoms with E-state index in [0.717, 1.165) is 18.0 Å². The van der Waals surface area contributed by atoms with Gasteiger partial charge in [0.25, 0.3) is 0 Å². The van der Waals surface area contributed by atoms with Crippen molar-refractivity contribution in [3.05, 3.63) is 35.7 Å². The normalized spacial score (nSPS) is 12.4. The molecule has 0 fully saturated rings. The van der Waals surface area contributed by atoms with Crippen LogP contribution in [0.1, 0.15) is 24.2 Å². The van der Waals surface area contributed by atoms with E-state index in [1.54, 1.807) is 7.11 Å². The second-order valence-electron chi connectivity index (χ2n) is 3.72. The molecule has 0 aliphatic heterocycles. The van der Waals surface area contributed by atoms with E-state index in [1.165, 1.54) is 5.56 Å². The van der Waals surface area contributed by atoms with Gasteiger partial charge in [-0.3, -0.25) is 0 Å². The van der Waals surface area contributed by atoms with Crippen molar-refractivity contribution in [3.63, 3.8) is 0 Å². The molecule has 0 amide bonds. The molecular weight excluding hydrogens is 204 g/mol. The Morgan fingerprint density at radius 2 is 2.06 bits per heavy atom. The van der Waals surface area contributed by atoms with E-state index in [4.69, 9.17) is 4.74 Å². The Balaban J connectivity index is 2.03. The van der Waals surface area contributed by atoms with Gasteiger partial charge in [0, 0.05) is 5.92 Å². The molecule has 1 aromatic heterocycles. The molecule has 0 aliphatic rings. The van der Waals surface area contributed by atoms with Crippen molar-refractivity contribution in [2.45, 2.75) is 19.3 Å². The Morgan fingerprint density at radius 3 is 2.62 bits per heavy atom. The molecule has 84 valence electrons. The number of hydrogen-bond donors (Lipinski definition) is 1.